The second-order valence-corrected chi connectivity index (χ2v) is 12.6. The minimum atomic E-state index is -1.11. The fourth-order valence-corrected chi connectivity index (χ4v) is 5.66. The van der Waals surface area contributed by atoms with Crippen LogP contribution in [-0.4, -0.2) is 54.6 Å². The quantitative estimate of drug-likeness (QED) is 0.0801. The molecule has 0 saturated carbocycles. The van der Waals surface area contributed by atoms with Gasteiger partial charge in [-0.1, -0.05) is 128 Å². The Labute approximate surface area is 283 Å². The van der Waals surface area contributed by atoms with Crippen molar-refractivity contribution in [1.82, 2.24) is 0 Å². The highest BCUT2D eigenvalue weighted by Crippen LogP contribution is 2.30. The lowest BCUT2D eigenvalue weighted by Crippen LogP contribution is -2.34. The zero-order valence-electron chi connectivity index (χ0n) is 29.1. The molecule has 0 aliphatic heterocycles. The SMILES string of the molecule is CCCCCCCCCCCCCCCCCCOc1cc(OCCC(CC)Oc2ccccc2)cc(N(CC(=O)O)CC(=O)O)c1. The van der Waals surface area contributed by atoms with Crippen molar-refractivity contribution in [3.63, 3.8) is 0 Å². The van der Waals surface area contributed by atoms with Crippen molar-refractivity contribution in [2.75, 3.05) is 31.2 Å². The monoisotopic (exact) mass is 655 g/mol. The molecule has 8 heteroatoms. The van der Waals surface area contributed by atoms with Crippen LogP contribution in [0, 0.1) is 0 Å². The number of benzene rings is 2. The highest BCUT2D eigenvalue weighted by atomic mass is 16.5. The minimum absolute atomic E-state index is 0.0262. The number of ether oxygens (including phenoxy) is 3. The molecule has 0 fully saturated rings. The van der Waals surface area contributed by atoms with Crippen molar-refractivity contribution in [3.8, 4) is 17.2 Å². The Morgan fingerprint density at radius 1 is 0.617 bits per heavy atom. The number of carbonyl (C=O) groups is 2. The summed E-state index contributed by atoms with van der Waals surface area (Å²) in [6, 6.07) is 14.8. The molecule has 0 saturated heterocycles. The van der Waals surface area contributed by atoms with Gasteiger partial charge < -0.3 is 29.3 Å². The van der Waals surface area contributed by atoms with Crippen LogP contribution in [0.25, 0.3) is 0 Å². The Morgan fingerprint density at radius 3 is 1.55 bits per heavy atom. The van der Waals surface area contributed by atoms with Crippen LogP contribution < -0.4 is 19.1 Å². The van der Waals surface area contributed by atoms with Gasteiger partial charge in [-0.25, -0.2) is 0 Å². The molecule has 47 heavy (non-hydrogen) atoms. The summed E-state index contributed by atoms with van der Waals surface area (Å²) in [6.07, 6.45) is 22.3. The number of rotatable bonds is 30. The van der Waals surface area contributed by atoms with Gasteiger partial charge in [0.1, 0.15) is 36.4 Å². The summed E-state index contributed by atoms with van der Waals surface area (Å²) in [4.78, 5) is 24.3. The third-order valence-corrected chi connectivity index (χ3v) is 8.36. The maximum absolute atomic E-state index is 11.5. The molecule has 2 aromatic carbocycles. The summed E-state index contributed by atoms with van der Waals surface area (Å²) in [7, 11) is 0. The summed E-state index contributed by atoms with van der Waals surface area (Å²) in [5.41, 5.74) is 0.432. The molecular weight excluding hydrogens is 594 g/mol. The summed E-state index contributed by atoms with van der Waals surface area (Å²) in [5, 5.41) is 18.8. The number of unbranched alkanes of at least 4 members (excludes halogenated alkanes) is 15. The molecular formula is C39H61NO7. The highest BCUT2D eigenvalue weighted by Gasteiger charge is 2.17. The summed E-state index contributed by atoms with van der Waals surface area (Å²) >= 11 is 0. The molecule has 0 aliphatic carbocycles. The minimum Gasteiger partial charge on any atom is -0.493 e. The van der Waals surface area contributed by atoms with E-state index in [-0.39, 0.29) is 6.10 Å². The van der Waals surface area contributed by atoms with Crippen LogP contribution in [-0.2, 0) is 9.59 Å². The largest absolute Gasteiger partial charge is 0.493 e. The first-order valence-electron chi connectivity index (χ1n) is 18.2. The van der Waals surface area contributed by atoms with E-state index in [4.69, 9.17) is 14.2 Å². The number of carboxylic acids is 2. The predicted octanol–water partition coefficient (Wildman–Crippen LogP) is 9.93. The molecule has 0 heterocycles. The van der Waals surface area contributed by atoms with Crippen molar-refractivity contribution in [2.24, 2.45) is 0 Å². The first kappa shape index (κ1) is 39.8. The van der Waals surface area contributed by atoms with Gasteiger partial charge in [-0.2, -0.15) is 0 Å². The van der Waals surface area contributed by atoms with E-state index in [2.05, 4.69) is 13.8 Å². The van der Waals surface area contributed by atoms with Crippen molar-refractivity contribution in [3.05, 3.63) is 48.5 Å². The third kappa shape index (κ3) is 19.8. The molecule has 0 radical (unpaired) electrons. The number of nitrogens with zero attached hydrogens (tertiary/aromatic N) is 1. The summed E-state index contributed by atoms with van der Waals surface area (Å²) in [5.74, 6) is -0.384. The zero-order valence-corrected chi connectivity index (χ0v) is 29.1. The maximum atomic E-state index is 11.5. The number of hydrogen-bond acceptors (Lipinski definition) is 6. The van der Waals surface area contributed by atoms with Crippen molar-refractivity contribution in [1.29, 1.82) is 0 Å². The molecule has 264 valence electrons. The Bertz CT molecular complexity index is 1080. The average Bonchev–Trinajstić information content (AvgIpc) is 3.05. The Morgan fingerprint density at radius 2 is 1.09 bits per heavy atom. The second kappa shape index (κ2) is 25.6. The van der Waals surface area contributed by atoms with Crippen LogP contribution in [0.5, 0.6) is 17.2 Å². The fourth-order valence-electron chi connectivity index (χ4n) is 5.66. The van der Waals surface area contributed by atoms with Gasteiger partial charge in [0.05, 0.1) is 13.2 Å². The van der Waals surface area contributed by atoms with Gasteiger partial charge in [0.2, 0.25) is 0 Å². The molecule has 0 aromatic heterocycles. The van der Waals surface area contributed by atoms with E-state index in [0.717, 1.165) is 25.0 Å². The lowest BCUT2D eigenvalue weighted by molar-refractivity contribution is -0.136. The molecule has 1 unspecified atom stereocenters. The summed E-state index contributed by atoms with van der Waals surface area (Å²) in [6.45, 7) is 4.35. The zero-order chi connectivity index (χ0) is 34.0. The van der Waals surface area contributed by atoms with E-state index >= 15 is 0 Å². The first-order valence-corrected chi connectivity index (χ1v) is 18.2. The lowest BCUT2D eigenvalue weighted by Gasteiger charge is -2.23. The Kier molecular flexibility index (Phi) is 21.7. The molecule has 2 aromatic rings. The van der Waals surface area contributed by atoms with Gasteiger partial charge in [-0.3, -0.25) is 9.59 Å². The summed E-state index contributed by atoms with van der Waals surface area (Å²) < 4.78 is 18.2. The average molecular weight is 656 g/mol. The van der Waals surface area contributed by atoms with Crippen LogP contribution in [0.1, 0.15) is 129 Å². The van der Waals surface area contributed by atoms with Gasteiger partial charge in [0.15, 0.2) is 0 Å². The second-order valence-electron chi connectivity index (χ2n) is 12.6. The number of hydrogen-bond donors (Lipinski definition) is 2. The van der Waals surface area contributed by atoms with E-state index in [9.17, 15) is 19.8 Å². The number of para-hydroxylation sites is 1. The lowest BCUT2D eigenvalue weighted by atomic mass is 10.0. The molecule has 2 rings (SSSR count). The van der Waals surface area contributed by atoms with E-state index < -0.39 is 25.0 Å². The van der Waals surface area contributed by atoms with E-state index in [1.807, 2.05) is 30.3 Å². The molecule has 0 aliphatic rings. The van der Waals surface area contributed by atoms with Crippen LogP contribution in [0.2, 0.25) is 0 Å². The topological polar surface area (TPSA) is 106 Å². The Hall–Kier alpha value is -3.42. The molecule has 8 nitrogen and oxygen atoms in total. The van der Waals surface area contributed by atoms with Crippen LogP contribution in [0.4, 0.5) is 5.69 Å². The smallest absolute Gasteiger partial charge is 0.323 e. The van der Waals surface area contributed by atoms with Gasteiger partial charge >= 0.3 is 11.9 Å². The van der Waals surface area contributed by atoms with Gasteiger partial charge in [0, 0.05) is 30.3 Å². The number of aliphatic carboxylic acids is 2. The van der Waals surface area contributed by atoms with E-state index in [0.29, 0.717) is 36.8 Å². The van der Waals surface area contributed by atoms with Crippen molar-refractivity contribution >= 4 is 17.6 Å². The van der Waals surface area contributed by atoms with Crippen molar-refractivity contribution in [2.45, 2.75) is 136 Å². The van der Waals surface area contributed by atoms with Crippen LogP contribution in [0.15, 0.2) is 48.5 Å². The van der Waals surface area contributed by atoms with Gasteiger partial charge in [0.25, 0.3) is 0 Å². The Balaban J connectivity index is 1.77. The standard InChI is InChI=1S/C39H61NO7/c1-3-5-6-7-8-9-10-11-12-13-14-15-16-17-18-22-26-45-36-28-33(40(31-38(41)42)32-39(43)44)29-37(30-36)46-27-25-34(4-2)47-35-23-20-19-21-24-35/h19-21,23-24,28-30,34H,3-18,22,25-27,31-32H2,1-2H3,(H,41,42)(H,43,44). The predicted molar refractivity (Wildman–Crippen MR) is 190 cm³/mol. The molecule has 0 spiro atoms. The number of carboxylic acid groups (broad SMARTS) is 2. The molecule has 0 bridgehead atoms. The van der Waals surface area contributed by atoms with E-state index in [1.165, 1.54) is 94.8 Å². The molecule has 0 amide bonds. The molecule has 2 N–H and O–H groups in total. The molecule has 1 atom stereocenters. The maximum Gasteiger partial charge on any atom is 0.323 e. The van der Waals surface area contributed by atoms with Crippen LogP contribution >= 0.6 is 0 Å². The van der Waals surface area contributed by atoms with E-state index in [1.54, 1.807) is 18.2 Å². The highest BCUT2D eigenvalue weighted by molar-refractivity contribution is 5.80. The first-order chi connectivity index (χ1) is 22.9. The fraction of sp³-hybridized carbons (Fsp3) is 0.641. The van der Waals surface area contributed by atoms with Crippen LogP contribution in [0.3, 0.4) is 0 Å². The third-order valence-electron chi connectivity index (χ3n) is 8.36. The van der Waals surface area contributed by atoms with Gasteiger partial charge in [-0.05, 0) is 25.0 Å². The normalized spacial score (nSPS) is 11.6. The van der Waals surface area contributed by atoms with Crippen molar-refractivity contribution < 1.29 is 34.0 Å². The van der Waals surface area contributed by atoms with Gasteiger partial charge in [-0.15, -0.1) is 0 Å². The number of anilines is 1.